The zero-order valence-electron chi connectivity index (χ0n) is 11.6. The Morgan fingerprint density at radius 1 is 1.33 bits per heavy atom. The summed E-state index contributed by atoms with van der Waals surface area (Å²) < 4.78 is 5.82. The maximum absolute atomic E-state index is 6.11. The zero-order chi connectivity index (χ0) is 13.4. The first-order valence-corrected chi connectivity index (χ1v) is 7.14. The lowest BCUT2D eigenvalue weighted by Gasteiger charge is -2.18. The van der Waals surface area contributed by atoms with Gasteiger partial charge in [-0.3, -0.25) is 0 Å². The molecule has 0 amide bonds. The van der Waals surface area contributed by atoms with Crippen molar-refractivity contribution in [3.8, 4) is 5.75 Å². The lowest BCUT2D eigenvalue weighted by molar-refractivity contribution is 0.311. The van der Waals surface area contributed by atoms with Crippen LogP contribution in [0.5, 0.6) is 5.75 Å². The van der Waals surface area contributed by atoms with Gasteiger partial charge in [-0.15, -0.1) is 0 Å². The smallest absolute Gasteiger partial charge is 0.122 e. The minimum absolute atomic E-state index is 0.478. The van der Waals surface area contributed by atoms with Gasteiger partial charge < -0.3 is 4.74 Å². The molecule has 0 aliphatic carbocycles. The number of rotatable bonds is 7. The second-order valence-corrected chi connectivity index (χ2v) is 4.88. The molecule has 0 N–H and O–H groups in total. The van der Waals surface area contributed by atoms with Crippen LogP contribution < -0.4 is 4.74 Å². The van der Waals surface area contributed by atoms with Gasteiger partial charge in [0.25, 0.3) is 0 Å². The van der Waals surface area contributed by atoms with Gasteiger partial charge in [-0.1, -0.05) is 37.6 Å². The molecule has 1 atom stereocenters. The molecule has 0 bridgehead atoms. The van der Waals surface area contributed by atoms with E-state index in [-0.39, 0.29) is 0 Å². The van der Waals surface area contributed by atoms with Gasteiger partial charge >= 0.3 is 0 Å². The van der Waals surface area contributed by atoms with Crippen molar-refractivity contribution in [2.75, 3.05) is 6.61 Å². The summed E-state index contributed by atoms with van der Waals surface area (Å²) in [7, 11) is 0. The number of hydrogen-bond donors (Lipinski definition) is 0. The Morgan fingerprint density at radius 2 is 2.11 bits per heavy atom. The SMILES string of the molecule is C/C=C\CC(CC)c1cc(Cl)ccc1OCCC. The highest BCUT2D eigenvalue weighted by Crippen LogP contribution is 2.34. The number of benzene rings is 1. The van der Waals surface area contributed by atoms with Crippen molar-refractivity contribution in [3.63, 3.8) is 0 Å². The Bertz CT molecular complexity index is 385. The molecule has 0 heterocycles. The van der Waals surface area contributed by atoms with E-state index in [1.54, 1.807) is 0 Å². The fourth-order valence-corrected chi connectivity index (χ4v) is 2.18. The molecule has 100 valence electrons. The Labute approximate surface area is 116 Å². The summed E-state index contributed by atoms with van der Waals surface area (Å²) in [5, 5.41) is 0.785. The second kappa shape index (κ2) is 8.20. The Balaban J connectivity index is 2.97. The summed E-state index contributed by atoms with van der Waals surface area (Å²) in [6.45, 7) is 7.14. The first-order valence-electron chi connectivity index (χ1n) is 6.76. The van der Waals surface area contributed by atoms with Gasteiger partial charge in [0.2, 0.25) is 0 Å². The third-order valence-electron chi connectivity index (χ3n) is 3.02. The zero-order valence-corrected chi connectivity index (χ0v) is 12.3. The molecular formula is C16H23ClO. The van der Waals surface area contributed by atoms with E-state index >= 15 is 0 Å². The Kier molecular flexibility index (Phi) is 6.89. The highest BCUT2D eigenvalue weighted by molar-refractivity contribution is 6.30. The summed E-state index contributed by atoms with van der Waals surface area (Å²) in [4.78, 5) is 0. The summed E-state index contributed by atoms with van der Waals surface area (Å²) in [6, 6.07) is 5.94. The highest BCUT2D eigenvalue weighted by atomic mass is 35.5. The number of halogens is 1. The molecule has 0 saturated carbocycles. The monoisotopic (exact) mass is 266 g/mol. The number of ether oxygens (including phenoxy) is 1. The van der Waals surface area contributed by atoms with Crippen molar-refractivity contribution < 1.29 is 4.74 Å². The summed E-state index contributed by atoms with van der Waals surface area (Å²) in [6.07, 6.45) is 7.45. The molecule has 0 radical (unpaired) electrons. The maximum Gasteiger partial charge on any atom is 0.122 e. The lowest BCUT2D eigenvalue weighted by atomic mass is 9.92. The largest absolute Gasteiger partial charge is 0.493 e. The fraction of sp³-hybridized carbons (Fsp3) is 0.500. The van der Waals surface area contributed by atoms with Crippen molar-refractivity contribution in [3.05, 3.63) is 40.9 Å². The van der Waals surface area contributed by atoms with Crippen LogP contribution in [0.25, 0.3) is 0 Å². The highest BCUT2D eigenvalue weighted by Gasteiger charge is 2.14. The first kappa shape index (κ1) is 15.1. The average Bonchev–Trinajstić information content (AvgIpc) is 2.38. The predicted octanol–water partition coefficient (Wildman–Crippen LogP) is 5.59. The molecule has 2 heteroatoms. The van der Waals surface area contributed by atoms with Gasteiger partial charge in [-0.2, -0.15) is 0 Å². The molecule has 1 rings (SSSR count). The molecule has 0 aromatic heterocycles. The van der Waals surface area contributed by atoms with E-state index < -0.39 is 0 Å². The predicted molar refractivity (Wildman–Crippen MR) is 79.7 cm³/mol. The van der Waals surface area contributed by atoms with Crippen LogP contribution in [0.2, 0.25) is 5.02 Å². The van der Waals surface area contributed by atoms with Gasteiger partial charge in [0.1, 0.15) is 5.75 Å². The lowest BCUT2D eigenvalue weighted by Crippen LogP contribution is -2.03. The third kappa shape index (κ3) is 4.38. The number of allylic oxidation sites excluding steroid dienone is 2. The second-order valence-electron chi connectivity index (χ2n) is 4.44. The summed E-state index contributed by atoms with van der Waals surface area (Å²) in [5.74, 6) is 1.46. The Morgan fingerprint density at radius 3 is 2.72 bits per heavy atom. The van der Waals surface area contributed by atoms with Crippen LogP contribution in [0.15, 0.2) is 30.4 Å². The minimum Gasteiger partial charge on any atom is -0.493 e. The Hall–Kier alpha value is -0.950. The minimum atomic E-state index is 0.478. The molecule has 1 nitrogen and oxygen atoms in total. The molecule has 0 aliphatic rings. The molecule has 0 spiro atoms. The van der Waals surface area contributed by atoms with Crippen LogP contribution in [0, 0.1) is 0 Å². The first-order chi connectivity index (χ1) is 8.72. The van der Waals surface area contributed by atoms with Gasteiger partial charge in [-0.25, -0.2) is 0 Å². The van der Waals surface area contributed by atoms with Gasteiger partial charge in [0.05, 0.1) is 6.61 Å². The topological polar surface area (TPSA) is 9.23 Å². The molecule has 1 unspecified atom stereocenters. The van der Waals surface area contributed by atoms with Crippen LogP contribution in [-0.2, 0) is 0 Å². The maximum atomic E-state index is 6.11. The van der Waals surface area contributed by atoms with Crippen LogP contribution >= 0.6 is 11.6 Å². The quantitative estimate of drug-likeness (QED) is 0.585. The van der Waals surface area contributed by atoms with Crippen molar-refractivity contribution in [1.82, 2.24) is 0 Å². The molecule has 0 saturated heterocycles. The molecule has 0 fully saturated rings. The summed E-state index contributed by atoms with van der Waals surface area (Å²) >= 11 is 6.11. The van der Waals surface area contributed by atoms with E-state index in [4.69, 9.17) is 16.3 Å². The van der Waals surface area contributed by atoms with E-state index in [1.807, 2.05) is 18.2 Å². The van der Waals surface area contributed by atoms with Crippen LogP contribution in [-0.4, -0.2) is 6.61 Å². The van der Waals surface area contributed by atoms with Crippen LogP contribution in [0.1, 0.15) is 51.5 Å². The normalized spacial score (nSPS) is 12.9. The molecule has 1 aromatic rings. The van der Waals surface area contributed by atoms with Gasteiger partial charge in [0, 0.05) is 5.02 Å². The fourth-order valence-electron chi connectivity index (χ4n) is 2.00. The van der Waals surface area contributed by atoms with Crippen LogP contribution in [0.3, 0.4) is 0 Å². The molecule has 1 aromatic carbocycles. The molecular weight excluding hydrogens is 244 g/mol. The van der Waals surface area contributed by atoms with Crippen molar-refractivity contribution in [2.24, 2.45) is 0 Å². The standard InChI is InChI=1S/C16H23ClO/c1-4-7-8-13(6-3)15-12-14(17)9-10-16(15)18-11-5-2/h4,7,9-10,12-13H,5-6,8,11H2,1-3H3/b7-4-. The van der Waals surface area contributed by atoms with Crippen molar-refractivity contribution in [2.45, 2.75) is 46.0 Å². The van der Waals surface area contributed by atoms with E-state index in [0.29, 0.717) is 5.92 Å². The van der Waals surface area contributed by atoms with E-state index in [2.05, 4.69) is 32.9 Å². The third-order valence-corrected chi connectivity index (χ3v) is 3.26. The number of hydrogen-bond acceptors (Lipinski definition) is 1. The van der Waals surface area contributed by atoms with Crippen molar-refractivity contribution in [1.29, 1.82) is 0 Å². The van der Waals surface area contributed by atoms with Crippen molar-refractivity contribution >= 4 is 11.6 Å². The van der Waals surface area contributed by atoms with Gasteiger partial charge in [0.15, 0.2) is 0 Å². The summed E-state index contributed by atoms with van der Waals surface area (Å²) in [5.41, 5.74) is 1.23. The van der Waals surface area contributed by atoms with Crippen LogP contribution in [0.4, 0.5) is 0 Å². The van der Waals surface area contributed by atoms with Gasteiger partial charge in [-0.05, 0) is 55.9 Å². The van der Waals surface area contributed by atoms with E-state index in [0.717, 1.165) is 36.6 Å². The average molecular weight is 267 g/mol. The van der Waals surface area contributed by atoms with E-state index in [1.165, 1.54) is 5.56 Å². The molecule has 18 heavy (non-hydrogen) atoms. The molecule has 0 aliphatic heterocycles. The van der Waals surface area contributed by atoms with E-state index in [9.17, 15) is 0 Å².